The number of pyridine rings is 1. The molecule has 0 saturated heterocycles. The van der Waals surface area contributed by atoms with Crippen LogP contribution in [0.15, 0.2) is 42.6 Å². The maximum absolute atomic E-state index is 13.3. The predicted octanol–water partition coefficient (Wildman–Crippen LogP) is 4.28. The number of aromatic nitrogens is 1. The lowest BCUT2D eigenvalue weighted by Gasteiger charge is -2.37. The van der Waals surface area contributed by atoms with E-state index in [1.807, 2.05) is 11.0 Å². The molecular weight excluding hydrogens is 447 g/mol. The van der Waals surface area contributed by atoms with Gasteiger partial charge < -0.3 is 15.7 Å². The van der Waals surface area contributed by atoms with Crippen molar-refractivity contribution in [2.45, 2.75) is 75.2 Å². The molecule has 2 saturated carbocycles. The van der Waals surface area contributed by atoms with Gasteiger partial charge in [-0.05, 0) is 80.7 Å². The van der Waals surface area contributed by atoms with Crippen LogP contribution >= 0.6 is 0 Å². The number of halogens is 3. The van der Waals surface area contributed by atoms with E-state index >= 15 is 0 Å². The number of aliphatic hydroxyl groups is 1. The van der Waals surface area contributed by atoms with Gasteiger partial charge in [0.15, 0.2) is 5.60 Å². The van der Waals surface area contributed by atoms with E-state index in [0.29, 0.717) is 12.5 Å². The number of rotatable bonds is 6. The van der Waals surface area contributed by atoms with Gasteiger partial charge in [0.1, 0.15) is 5.69 Å². The highest BCUT2D eigenvalue weighted by Crippen LogP contribution is 2.41. The molecule has 2 aromatic rings. The first-order valence-corrected chi connectivity index (χ1v) is 11.5. The highest BCUT2D eigenvalue weighted by Gasteiger charge is 2.51. The summed E-state index contributed by atoms with van der Waals surface area (Å²) >= 11 is 0. The first kappa shape index (κ1) is 24.2. The molecule has 9 heteroatoms. The van der Waals surface area contributed by atoms with Gasteiger partial charge in [-0.25, -0.2) is 0 Å². The van der Waals surface area contributed by atoms with Crippen molar-refractivity contribution in [1.29, 1.82) is 0 Å². The van der Waals surface area contributed by atoms with Gasteiger partial charge in [0.2, 0.25) is 0 Å². The lowest BCUT2D eigenvalue weighted by atomic mass is 9.80. The standard InChI is InChI=1S/C25H28F3N3O3/c1-24(34,25(26,27)28)17-8-4-16(5-9-17)23(33)31(19-12-13-19)18-10-6-15(7-11-18)20-3-2-14-30-21(20)22(29)32/h2-5,8-9,14-15,18-19,34H,6-7,10-13H2,1H3,(H2,29,32)/t15-,18-,24-/m0/s1. The fourth-order valence-corrected chi connectivity index (χ4v) is 4.85. The molecule has 2 amide bonds. The Hall–Kier alpha value is -2.94. The van der Waals surface area contributed by atoms with E-state index in [9.17, 15) is 27.9 Å². The molecule has 3 N–H and O–H groups in total. The fraction of sp³-hybridized carbons (Fsp3) is 0.480. The Morgan fingerprint density at radius 1 is 1.00 bits per heavy atom. The first-order valence-electron chi connectivity index (χ1n) is 11.5. The van der Waals surface area contributed by atoms with Crippen LogP contribution in [0.4, 0.5) is 13.2 Å². The van der Waals surface area contributed by atoms with Crippen molar-refractivity contribution in [3.63, 3.8) is 0 Å². The van der Waals surface area contributed by atoms with Crippen LogP contribution in [-0.2, 0) is 5.60 Å². The summed E-state index contributed by atoms with van der Waals surface area (Å²) in [5.74, 6) is -0.628. The zero-order valence-corrected chi connectivity index (χ0v) is 18.9. The molecule has 1 heterocycles. The van der Waals surface area contributed by atoms with Gasteiger partial charge in [-0.1, -0.05) is 18.2 Å². The molecule has 2 aliphatic carbocycles. The number of benzene rings is 1. The molecule has 6 nitrogen and oxygen atoms in total. The molecule has 0 radical (unpaired) electrons. The third kappa shape index (κ3) is 4.66. The normalized spacial score (nSPS) is 22.6. The number of nitrogens with two attached hydrogens (primary N) is 1. The molecule has 0 aliphatic heterocycles. The molecular formula is C25H28F3N3O3. The van der Waals surface area contributed by atoms with E-state index in [1.54, 1.807) is 12.3 Å². The van der Waals surface area contributed by atoms with E-state index in [2.05, 4.69) is 4.98 Å². The molecule has 0 unspecified atom stereocenters. The number of carbonyl (C=O) groups excluding carboxylic acids is 2. The number of carbonyl (C=O) groups is 2. The second kappa shape index (κ2) is 9.02. The summed E-state index contributed by atoms with van der Waals surface area (Å²) in [5, 5.41) is 9.88. The van der Waals surface area contributed by atoms with Gasteiger partial charge in [0, 0.05) is 23.8 Å². The van der Waals surface area contributed by atoms with E-state index in [4.69, 9.17) is 5.73 Å². The molecule has 0 bridgehead atoms. The minimum Gasteiger partial charge on any atom is -0.376 e. The molecule has 1 aromatic heterocycles. The largest absolute Gasteiger partial charge is 0.421 e. The van der Waals surface area contributed by atoms with Crippen molar-refractivity contribution in [2.75, 3.05) is 0 Å². The van der Waals surface area contributed by atoms with Gasteiger partial charge in [0.05, 0.1) is 0 Å². The van der Waals surface area contributed by atoms with Crippen LogP contribution in [0.5, 0.6) is 0 Å². The van der Waals surface area contributed by atoms with Crippen molar-refractivity contribution < 1.29 is 27.9 Å². The molecule has 1 aromatic carbocycles. The summed E-state index contributed by atoms with van der Waals surface area (Å²) in [7, 11) is 0. The second-order valence-electron chi connectivity index (χ2n) is 9.40. The Labute approximate surface area is 196 Å². The Morgan fingerprint density at radius 2 is 1.56 bits per heavy atom. The van der Waals surface area contributed by atoms with E-state index < -0.39 is 17.7 Å². The van der Waals surface area contributed by atoms with E-state index in [0.717, 1.165) is 56.2 Å². The number of hydrogen-bond acceptors (Lipinski definition) is 4. The molecule has 34 heavy (non-hydrogen) atoms. The summed E-state index contributed by atoms with van der Waals surface area (Å²) in [6.45, 7) is 0.699. The average molecular weight is 476 g/mol. The average Bonchev–Trinajstić information content (AvgIpc) is 3.64. The monoisotopic (exact) mass is 475 g/mol. The summed E-state index contributed by atoms with van der Waals surface area (Å²) in [6.07, 6.45) is 1.59. The summed E-state index contributed by atoms with van der Waals surface area (Å²) < 4.78 is 39.4. The van der Waals surface area contributed by atoms with Gasteiger partial charge >= 0.3 is 6.18 Å². The zero-order chi connectivity index (χ0) is 24.7. The number of alkyl halides is 3. The van der Waals surface area contributed by atoms with Gasteiger partial charge in [-0.3, -0.25) is 14.6 Å². The van der Waals surface area contributed by atoms with Crippen molar-refractivity contribution >= 4 is 11.8 Å². The third-order valence-corrected chi connectivity index (χ3v) is 7.02. The van der Waals surface area contributed by atoms with E-state index in [1.165, 1.54) is 12.1 Å². The van der Waals surface area contributed by atoms with Gasteiger partial charge in [0.25, 0.3) is 11.8 Å². The summed E-state index contributed by atoms with van der Waals surface area (Å²) in [5.41, 5.74) is 3.61. The van der Waals surface area contributed by atoms with E-state index in [-0.39, 0.29) is 35.2 Å². The molecule has 0 spiro atoms. The van der Waals surface area contributed by atoms with Crippen molar-refractivity contribution in [3.8, 4) is 0 Å². The highest BCUT2D eigenvalue weighted by molar-refractivity contribution is 5.95. The second-order valence-corrected chi connectivity index (χ2v) is 9.40. The van der Waals surface area contributed by atoms with Crippen molar-refractivity contribution in [1.82, 2.24) is 9.88 Å². The smallest absolute Gasteiger partial charge is 0.376 e. The van der Waals surface area contributed by atoms with Crippen LogP contribution in [0, 0.1) is 0 Å². The topological polar surface area (TPSA) is 96.5 Å². The van der Waals surface area contributed by atoms with Gasteiger partial charge in [-0.15, -0.1) is 0 Å². The SMILES string of the molecule is C[C@](O)(c1ccc(C(=O)N(C2CC2)[C@H]2CC[C@H](c3cccnc3C(N)=O)CC2)cc1)C(F)(F)F. The van der Waals surface area contributed by atoms with Crippen molar-refractivity contribution in [2.24, 2.45) is 5.73 Å². The molecule has 1 atom stereocenters. The molecule has 4 rings (SSSR count). The maximum Gasteiger partial charge on any atom is 0.421 e. The minimum absolute atomic E-state index is 0.0166. The van der Waals surface area contributed by atoms with Crippen LogP contribution in [-0.4, -0.2) is 45.1 Å². The quantitative estimate of drug-likeness (QED) is 0.652. The fourth-order valence-electron chi connectivity index (χ4n) is 4.85. The Morgan fingerprint density at radius 3 is 2.06 bits per heavy atom. The van der Waals surface area contributed by atoms with Crippen LogP contribution in [0.1, 0.15) is 83.3 Å². The number of hydrogen-bond donors (Lipinski definition) is 2. The van der Waals surface area contributed by atoms with Crippen LogP contribution < -0.4 is 5.73 Å². The van der Waals surface area contributed by atoms with Crippen molar-refractivity contribution in [3.05, 3.63) is 65.0 Å². The number of nitrogens with zero attached hydrogens (tertiary/aromatic N) is 2. The van der Waals surface area contributed by atoms with Crippen LogP contribution in [0.2, 0.25) is 0 Å². The first-order chi connectivity index (χ1) is 16.0. The summed E-state index contributed by atoms with van der Waals surface area (Å²) in [6, 6.07) is 8.84. The highest BCUT2D eigenvalue weighted by atomic mass is 19.4. The minimum atomic E-state index is -4.82. The lowest BCUT2D eigenvalue weighted by Crippen LogP contribution is -2.44. The van der Waals surface area contributed by atoms with Gasteiger partial charge in [-0.2, -0.15) is 13.2 Å². The van der Waals surface area contributed by atoms with Crippen LogP contribution in [0.3, 0.4) is 0 Å². The molecule has 2 aliphatic rings. The Kier molecular flexibility index (Phi) is 6.42. The number of primary amides is 1. The summed E-state index contributed by atoms with van der Waals surface area (Å²) in [4.78, 5) is 31.1. The zero-order valence-electron chi connectivity index (χ0n) is 18.9. The Bertz CT molecular complexity index is 1060. The number of amides is 2. The maximum atomic E-state index is 13.3. The Balaban J connectivity index is 1.48. The predicted molar refractivity (Wildman–Crippen MR) is 119 cm³/mol. The molecule has 182 valence electrons. The molecule has 2 fully saturated rings. The lowest BCUT2D eigenvalue weighted by molar-refractivity contribution is -0.258. The van der Waals surface area contributed by atoms with Crippen LogP contribution in [0.25, 0.3) is 0 Å². The third-order valence-electron chi connectivity index (χ3n) is 7.02.